The summed E-state index contributed by atoms with van der Waals surface area (Å²) < 4.78 is 18.2. The first-order valence-electron chi connectivity index (χ1n) is 10.1. The fraction of sp³-hybridized carbons (Fsp3) is 0.500. The summed E-state index contributed by atoms with van der Waals surface area (Å²) in [5.74, 6) is 1.95. The first kappa shape index (κ1) is 18.7. The number of fused-ring (bicyclic) bond motifs is 1. The molecule has 0 saturated carbocycles. The maximum atomic E-state index is 12.7. The van der Waals surface area contributed by atoms with E-state index < -0.39 is 6.10 Å². The molecule has 0 bridgehead atoms. The molecule has 5 rings (SSSR count). The second-order valence-electron chi connectivity index (χ2n) is 7.78. The van der Waals surface area contributed by atoms with Crippen LogP contribution in [-0.4, -0.2) is 69.1 Å². The Morgan fingerprint density at radius 1 is 1.30 bits per heavy atom. The van der Waals surface area contributed by atoms with Crippen molar-refractivity contribution in [3.8, 4) is 17.2 Å². The van der Waals surface area contributed by atoms with E-state index in [-0.39, 0.29) is 24.6 Å². The highest BCUT2D eigenvalue weighted by atomic mass is 16.7. The molecular formula is C20H23N5O5. The third-order valence-electron chi connectivity index (χ3n) is 5.63. The highest BCUT2D eigenvalue weighted by Crippen LogP contribution is 2.35. The van der Waals surface area contributed by atoms with Gasteiger partial charge in [0.25, 0.3) is 5.91 Å². The molecule has 0 aliphatic carbocycles. The van der Waals surface area contributed by atoms with Crippen molar-refractivity contribution in [3.05, 3.63) is 30.1 Å². The topological polar surface area (TPSA) is 99.0 Å². The molecule has 1 atom stereocenters. The first-order valence-corrected chi connectivity index (χ1v) is 10.1. The maximum Gasteiger partial charge on any atom is 0.263 e. The monoisotopic (exact) mass is 413 g/mol. The van der Waals surface area contributed by atoms with Gasteiger partial charge in [0, 0.05) is 32.1 Å². The van der Waals surface area contributed by atoms with E-state index in [0.29, 0.717) is 43.3 Å². The molecule has 2 aromatic rings. The van der Waals surface area contributed by atoms with Gasteiger partial charge in [-0.2, -0.15) is 0 Å². The van der Waals surface area contributed by atoms with Gasteiger partial charge < -0.3 is 24.0 Å². The van der Waals surface area contributed by atoms with Gasteiger partial charge in [0.1, 0.15) is 11.4 Å². The number of carbonyl (C=O) groups excluding carboxylic acids is 2. The number of amides is 2. The zero-order valence-corrected chi connectivity index (χ0v) is 16.7. The third kappa shape index (κ3) is 3.53. The second kappa shape index (κ2) is 7.51. The second-order valence-corrected chi connectivity index (χ2v) is 7.78. The lowest BCUT2D eigenvalue weighted by atomic mass is 10.1. The first-order chi connectivity index (χ1) is 14.6. The number of nitrogens with zero attached hydrogens (tertiary/aromatic N) is 5. The van der Waals surface area contributed by atoms with Crippen LogP contribution < -0.4 is 14.2 Å². The van der Waals surface area contributed by atoms with Gasteiger partial charge in [-0.15, -0.1) is 5.10 Å². The Balaban J connectivity index is 1.13. The van der Waals surface area contributed by atoms with Gasteiger partial charge in [-0.1, -0.05) is 5.21 Å². The number of rotatable bonds is 6. The smallest absolute Gasteiger partial charge is 0.263 e. The molecule has 1 aromatic carbocycles. The van der Waals surface area contributed by atoms with Crippen molar-refractivity contribution in [1.82, 2.24) is 24.8 Å². The van der Waals surface area contributed by atoms with E-state index in [9.17, 15) is 9.59 Å². The summed E-state index contributed by atoms with van der Waals surface area (Å²) in [5.41, 5.74) is 0.773. The van der Waals surface area contributed by atoms with Crippen LogP contribution in [0, 0.1) is 0 Å². The Bertz CT molecular complexity index is 970. The lowest BCUT2D eigenvalue weighted by Crippen LogP contribution is -2.54. The standard InChI is InChI=1S/C20H23N5O5/c1-13(30-16-4-5-17-18(7-16)29-12-28-17)20(27)24-10-15(11-24)25-9-14(21-22-25)8-23-6-2-3-19(23)26/h4-5,7,9,13,15H,2-3,6,8,10-12H2,1H3/t13-/m0/s1. The zero-order chi connectivity index (χ0) is 20.7. The number of hydrogen-bond acceptors (Lipinski definition) is 7. The van der Waals surface area contributed by atoms with Crippen molar-refractivity contribution < 1.29 is 23.8 Å². The number of ether oxygens (including phenoxy) is 3. The molecular weight excluding hydrogens is 390 g/mol. The molecule has 2 saturated heterocycles. The van der Waals surface area contributed by atoms with Gasteiger partial charge in [-0.3, -0.25) is 9.59 Å². The van der Waals surface area contributed by atoms with Crippen molar-refractivity contribution in [2.24, 2.45) is 0 Å². The van der Waals surface area contributed by atoms with E-state index >= 15 is 0 Å². The van der Waals surface area contributed by atoms with Gasteiger partial charge in [0.05, 0.1) is 18.8 Å². The summed E-state index contributed by atoms with van der Waals surface area (Å²) in [7, 11) is 0. The molecule has 3 aliphatic heterocycles. The van der Waals surface area contributed by atoms with Crippen LogP contribution in [0.5, 0.6) is 17.2 Å². The van der Waals surface area contributed by atoms with Gasteiger partial charge >= 0.3 is 0 Å². The molecule has 30 heavy (non-hydrogen) atoms. The van der Waals surface area contributed by atoms with Crippen LogP contribution in [-0.2, 0) is 16.1 Å². The fourth-order valence-corrected chi connectivity index (χ4v) is 3.90. The van der Waals surface area contributed by atoms with Crippen LogP contribution in [0.25, 0.3) is 0 Å². The average Bonchev–Trinajstić information content (AvgIpc) is 3.43. The van der Waals surface area contributed by atoms with E-state index in [2.05, 4.69) is 10.3 Å². The maximum absolute atomic E-state index is 12.7. The Labute approximate surface area is 173 Å². The molecule has 0 spiro atoms. The Morgan fingerprint density at radius 3 is 2.93 bits per heavy atom. The molecule has 2 fully saturated rings. The molecule has 10 heteroatoms. The summed E-state index contributed by atoms with van der Waals surface area (Å²) in [6, 6.07) is 5.35. The third-order valence-corrected chi connectivity index (χ3v) is 5.63. The molecule has 0 radical (unpaired) electrons. The summed E-state index contributed by atoms with van der Waals surface area (Å²) in [6.45, 7) is 4.31. The molecule has 4 heterocycles. The quantitative estimate of drug-likeness (QED) is 0.696. The minimum atomic E-state index is -0.612. The van der Waals surface area contributed by atoms with Crippen molar-refractivity contribution in [2.45, 2.75) is 38.5 Å². The predicted octanol–water partition coefficient (Wildman–Crippen LogP) is 0.980. The SMILES string of the molecule is C[C@H](Oc1ccc2c(c1)OCO2)C(=O)N1CC(n2cc(CN3CCCC3=O)nn2)C1. The summed E-state index contributed by atoms with van der Waals surface area (Å²) in [5, 5.41) is 8.35. The van der Waals surface area contributed by atoms with Crippen LogP contribution in [0.2, 0.25) is 0 Å². The molecule has 0 N–H and O–H groups in total. The number of benzene rings is 1. The van der Waals surface area contributed by atoms with E-state index in [1.807, 2.05) is 6.20 Å². The summed E-state index contributed by atoms with van der Waals surface area (Å²) in [4.78, 5) is 28.0. The molecule has 10 nitrogen and oxygen atoms in total. The summed E-state index contributed by atoms with van der Waals surface area (Å²) in [6.07, 6.45) is 2.77. The van der Waals surface area contributed by atoms with E-state index in [1.54, 1.807) is 39.6 Å². The minimum absolute atomic E-state index is 0.0769. The van der Waals surface area contributed by atoms with Crippen molar-refractivity contribution in [3.63, 3.8) is 0 Å². The molecule has 2 amide bonds. The van der Waals surface area contributed by atoms with Crippen molar-refractivity contribution in [1.29, 1.82) is 0 Å². The molecule has 0 unspecified atom stereocenters. The lowest BCUT2D eigenvalue weighted by Gasteiger charge is -2.40. The average molecular weight is 413 g/mol. The van der Waals surface area contributed by atoms with Crippen LogP contribution in [0.4, 0.5) is 0 Å². The van der Waals surface area contributed by atoms with E-state index in [0.717, 1.165) is 18.7 Å². The van der Waals surface area contributed by atoms with Crippen molar-refractivity contribution >= 4 is 11.8 Å². The van der Waals surface area contributed by atoms with Gasteiger partial charge in [0.2, 0.25) is 12.7 Å². The van der Waals surface area contributed by atoms with Crippen LogP contribution in [0.1, 0.15) is 31.5 Å². The van der Waals surface area contributed by atoms with Gasteiger partial charge in [0.15, 0.2) is 17.6 Å². The Morgan fingerprint density at radius 2 is 2.13 bits per heavy atom. The van der Waals surface area contributed by atoms with E-state index in [4.69, 9.17) is 14.2 Å². The highest BCUT2D eigenvalue weighted by Gasteiger charge is 2.36. The number of likely N-dealkylation sites (tertiary alicyclic amines) is 2. The molecule has 158 valence electrons. The van der Waals surface area contributed by atoms with Gasteiger partial charge in [-0.05, 0) is 25.5 Å². The number of aromatic nitrogens is 3. The van der Waals surface area contributed by atoms with Crippen molar-refractivity contribution in [2.75, 3.05) is 26.4 Å². The van der Waals surface area contributed by atoms with E-state index in [1.165, 1.54) is 0 Å². The predicted molar refractivity (Wildman–Crippen MR) is 103 cm³/mol. The zero-order valence-electron chi connectivity index (χ0n) is 16.7. The summed E-state index contributed by atoms with van der Waals surface area (Å²) >= 11 is 0. The number of hydrogen-bond donors (Lipinski definition) is 0. The van der Waals surface area contributed by atoms with Crippen LogP contribution in [0.15, 0.2) is 24.4 Å². The fourth-order valence-electron chi connectivity index (χ4n) is 3.90. The number of carbonyl (C=O) groups is 2. The van der Waals surface area contributed by atoms with Gasteiger partial charge in [-0.25, -0.2) is 4.68 Å². The molecule has 1 aromatic heterocycles. The highest BCUT2D eigenvalue weighted by molar-refractivity contribution is 5.81. The van der Waals surface area contributed by atoms with Crippen LogP contribution >= 0.6 is 0 Å². The molecule has 3 aliphatic rings. The lowest BCUT2D eigenvalue weighted by molar-refractivity contribution is -0.144. The normalized spacial score (nSPS) is 19.2. The minimum Gasteiger partial charge on any atom is -0.481 e. The largest absolute Gasteiger partial charge is 0.481 e. The van der Waals surface area contributed by atoms with Crippen LogP contribution in [0.3, 0.4) is 0 Å². The Kier molecular flexibility index (Phi) is 4.68. The Hall–Kier alpha value is -3.30.